The van der Waals surface area contributed by atoms with Crippen LogP contribution in [0.5, 0.6) is 0 Å². The van der Waals surface area contributed by atoms with E-state index < -0.39 is 0 Å². The van der Waals surface area contributed by atoms with Gasteiger partial charge in [0, 0.05) is 6.20 Å². The molecule has 1 aromatic carbocycles. The molecule has 0 unspecified atom stereocenters. The zero-order chi connectivity index (χ0) is 16.1. The molecule has 1 atom stereocenters. The second-order valence-electron chi connectivity index (χ2n) is 5.16. The number of pyridine rings is 1. The van der Waals surface area contributed by atoms with Gasteiger partial charge in [-0.05, 0) is 42.7 Å². The van der Waals surface area contributed by atoms with E-state index in [9.17, 15) is 0 Å². The second kappa shape index (κ2) is 7.16. The maximum Gasteiger partial charge on any atom is 0.129 e. The molecular weight excluding hydrogens is 306 g/mol. The number of aromatic nitrogens is 3. The van der Waals surface area contributed by atoms with E-state index in [1.54, 1.807) is 24.0 Å². The van der Waals surface area contributed by atoms with Gasteiger partial charge < -0.3 is 10.3 Å². The molecule has 0 fully saturated rings. The summed E-state index contributed by atoms with van der Waals surface area (Å²) < 4.78 is 0. The van der Waals surface area contributed by atoms with Crippen molar-refractivity contribution in [1.29, 1.82) is 5.26 Å². The summed E-state index contributed by atoms with van der Waals surface area (Å²) in [4.78, 5) is 12.4. The van der Waals surface area contributed by atoms with Crippen LogP contribution in [0.15, 0.2) is 42.6 Å². The average Bonchev–Trinajstić information content (AvgIpc) is 3.03. The summed E-state index contributed by atoms with van der Waals surface area (Å²) in [6, 6.07) is 13.7. The van der Waals surface area contributed by atoms with Crippen LogP contribution in [-0.4, -0.2) is 27.0 Å². The summed E-state index contributed by atoms with van der Waals surface area (Å²) in [6.07, 6.45) is 4.60. The first-order chi connectivity index (χ1) is 11.3. The van der Waals surface area contributed by atoms with E-state index >= 15 is 0 Å². The first-order valence-electron chi connectivity index (χ1n) is 7.36. The van der Waals surface area contributed by atoms with Crippen molar-refractivity contribution in [2.24, 2.45) is 0 Å². The second-order valence-corrected chi connectivity index (χ2v) is 6.15. The SMILES string of the molecule is CSCC[C@@H](Nc1ccc(C#N)cn1)c1nc2ccccc2[nH]1. The van der Waals surface area contributed by atoms with Gasteiger partial charge in [0.05, 0.1) is 22.6 Å². The first-order valence-corrected chi connectivity index (χ1v) is 8.76. The Hall–Kier alpha value is -2.52. The van der Waals surface area contributed by atoms with Crippen LogP contribution in [-0.2, 0) is 0 Å². The quantitative estimate of drug-likeness (QED) is 0.722. The molecule has 0 saturated heterocycles. The van der Waals surface area contributed by atoms with Gasteiger partial charge in [-0.15, -0.1) is 0 Å². The Balaban J connectivity index is 1.85. The summed E-state index contributed by atoms with van der Waals surface area (Å²) in [7, 11) is 0. The number of hydrogen-bond acceptors (Lipinski definition) is 5. The van der Waals surface area contributed by atoms with E-state index in [1.165, 1.54) is 0 Å². The Morgan fingerprint density at radius 2 is 2.17 bits per heavy atom. The van der Waals surface area contributed by atoms with E-state index in [2.05, 4.69) is 32.6 Å². The molecule has 0 bridgehead atoms. The summed E-state index contributed by atoms with van der Waals surface area (Å²) in [6.45, 7) is 0. The van der Waals surface area contributed by atoms with E-state index in [4.69, 9.17) is 5.26 Å². The van der Waals surface area contributed by atoms with Gasteiger partial charge in [0.2, 0.25) is 0 Å². The molecule has 0 aliphatic carbocycles. The lowest BCUT2D eigenvalue weighted by Crippen LogP contribution is -2.14. The Labute approximate surface area is 139 Å². The molecule has 2 heterocycles. The normalized spacial score (nSPS) is 12.0. The van der Waals surface area contributed by atoms with Gasteiger partial charge in [-0.3, -0.25) is 0 Å². The highest BCUT2D eigenvalue weighted by Gasteiger charge is 2.16. The summed E-state index contributed by atoms with van der Waals surface area (Å²) in [5, 5.41) is 12.3. The molecule has 0 amide bonds. The van der Waals surface area contributed by atoms with E-state index in [0.717, 1.165) is 34.8 Å². The lowest BCUT2D eigenvalue weighted by atomic mass is 10.2. The third-order valence-corrected chi connectivity index (χ3v) is 4.21. The molecule has 6 heteroatoms. The third kappa shape index (κ3) is 3.63. The number of aromatic amines is 1. The summed E-state index contributed by atoms with van der Waals surface area (Å²) >= 11 is 1.80. The Kier molecular flexibility index (Phi) is 4.79. The van der Waals surface area contributed by atoms with Crippen molar-refractivity contribution in [3.8, 4) is 6.07 Å². The standard InChI is InChI=1S/C17H17N5S/c1-23-9-8-15(20-16-7-6-12(10-18)11-19-16)17-21-13-4-2-3-5-14(13)22-17/h2-7,11,15H,8-9H2,1H3,(H,19,20)(H,21,22)/t15-/m1/s1. The fourth-order valence-corrected chi connectivity index (χ4v) is 2.85. The van der Waals surface area contributed by atoms with Crippen molar-refractivity contribution in [3.05, 3.63) is 54.0 Å². The molecule has 5 nitrogen and oxygen atoms in total. The highest BCUT2D eigenvalue weighted by Crippen LogP contribution is 2.23. The van der Waals surface area contributed by atoms with Crippen molar-refractivity contribution < 1.29 is 0 Å². The van der Waals surface area contributed by atoms with Gasteiger partial charge >= 0.3 is 0 Å². The minimum atomic E-state index is 0.0512. The zero-order valence-corrected chi connectivity index (χ0v) is 13.6. The van der Waals surface area contributed by atoms with Crippen molar-refractivity contribution in [2.45, 2.75) is 12.5 Å². The molecule has 2 N–H and O–H groups in total. The van der Waals surface area contributed by atoms with Crippen molar-refractivity contribution in [3.63, 3.8) is 0 Å². The molecule has 0 aliphatic heterocycles. The highest BCUT2D eigenvalue weighted by atomic mass is 32.2. The molecule has 23 heavy (non-hydrogen) atoms. The van der Waals surface area contributed by atoms with Crippen molar-refractivity contribution in [1.82, 2.24) is 15.0 Å². The number of imidazole rings is 1. The summed E-state index contributed by atoms with van der Waals surface area (Å²) in [5.41, 5.74) is 2.55. The third-order valence-electron chi connectivity index (χ3n) is 3.56. The zero-order valence-electron chi connectivity index (χ0n) is 12.8. The fraction of sp³-hybridized carbons (Fsp3) is 0.235. The number of nitrogens with one attached hydrogen (secondary N) is 2. The Morgan fingerprint density at radius 3 is 2.87 bits per heavy atom. The van der Waals surface area contributed by atoms with Crippen LogP contribution in [0.2, 0.25) is 0 Å². The number of nitrogens with zero attached hydrogens (tertiary/aromatic N) is 3. The minimum Gasteiger partial charge on any atom is -0.360 e. The lowest BCUT2D eigenvalue weighted by Gasteiger charge is -2.16. The molecular formula is C17H17N5S. The van der Waals surface area contributed by atoms with Gasteiger partial charge in [0.25, 0.3) is 0 Å². The monoisotopic (exact) mass is 323 g/mol. The smallest absolute Gasteiger partial charge is 0.129 e. The number of rotatable bonds is 6. The van der Waals surface area contributed by atoms with Crippen LogP contribution in [0, 0.1) is 11.3 Å². The number of benzene rings is 1. The number of para-hydroxylation sites is 2. The number of anilines is 1. The summed E-state index contributed by atoms with van der Waals surface area (Å²) in [5.74, 6) is 2.67. The number of H-pyrrole nitrogens is 1. The van der Waals surface area contributed by atoms with Crippen LogP contribution >= 0.6 is 11.8 Å². The predicted octanol–water partition coefficient (Wildman–Crippen LogP) is 3.74. The minimum absolute atomic E-state index is 0.0512. The maximum atomic E-state index is 8.86. The van der Waals surface area contributed by atoms with E-state index in [1.807, 2.05) is 30.3 Å². The van der Waals surface area contributed by atoms with Gasteiger partial charge in [0.1, 0.15) is 17.7 Å². The topological polar surface area (TPSA) is 77.4 Å². The molecule has 3 rings (SSSR count). The predicted molar refractivity (Wildman–Crippen MR) is 94.4 cm³/mol. The Bertz CT molecular complexity index is 786. The maximum absolute atomic E-state index is 8.86. The van der Waals surface area contributed by atoms with Crippen molar-refractivity contribution >= 4 is 28.6 Å². The van der Waals surface area contributed by atoms with Crippen LogP contribution in [0.1, 0.15) is 23.9 Å². The molecule has 116 valence electrons. The number of nitriles is 1. The van der Waals surface area contributed by atoms with Gasteiger partial charge in [0.15, 0.2) is 0 Å². The van der Waals surface area contributed by atoms with Gasteiger partial charge in [-0.1, -0.05) is 12.1 Å². The highest BCUT2D eigenvalue weighted by molar-refractivity contribution is 7.98. The van der Waals surface area contributed by atoms with Crippen LogP contribution in [0.4, 0.5) is 5.82 Å². The Morgan fingerprint density at radius 1 is 1.30 bits per heavy atom. The van der Waals surface area contributed by atoms with Gasteiger partial charge in [-0.25, -0.2) is 9.97 Å². The van der Waals surface area contributed by atoms with Crippen LogP contribution in [0.3, 0.4) is 0 Å². The van der Waals surface area contributed by atoms with Gasteiger partial charge in [-0.2, -0.15) is 17.0 Å². The molecule has 3 aromatic rings. The van der Waals surface area contributed by atoms with Crippen molar-refractivity contribution in [2.75, 3.05) is 17.3 Å². The van der Waals surface area contributed by atoms with E-state index in [0.29, 0.717) is 5.56 Å². The van der Waals surface area contributed by atoms with Crippen LogP contribution in [0.25, 0.3) is 11.0 Å². The largest absolute Gasteiger partial charge is 0.360 e. The van der Waals surface area contributed by atoms with Crippen LogP contribution < -0.4 is 5.32 Å². The molecule has 0 aliphatic rings. The number of hydrogen-bond donors (Lipinski definition) is 2. The average molecular weight is 323 g/mol. The molecule has 0 saturated carbocycles. The molecule has 0 radical (unpaired) electrons. The molecule has 2 aromatic heterocycles. The fourth-order valence-electron chi connectivity index (χ4n) is 2.37. The number of thioether (sulfide) groups is 1. The lowest BCUT2D eigenvalue weighted by molar-refractivity contribution is 0.709. The first kappa shape index (κ1) is 15.4. The molecule has 0 spiro atoms. The number of fused-ring (bicyclic) bond motifs is 1. The van der Waals surface area contributed by atoms with E-state index in [-0.39, 0.29) is 6.04 Å².